The molecule has 4 nitrogen and oxygen atoms in total. The molecule has 1 aromatic rings. The Morgan fingerprint density at radius 2 is 1.16 bits per heavy atom. The second-order valence-electron chi connectivity index (χ2n) is 9.22. The topological polar surface area (TPSA) is 52.6 Å². The van der Waals surface area contributed by atoms with Gasteiger partial charge in [-0.3, -0.25) is 0 Å². The number of unbranched alkanes of at least 4 members (excludes halogenated alkanes) is 9. The van der Waals surface area contributed by atoms with Gasteiger partial charge < -0.3 is 9.47 Å². The summed E-state index contributed by atoms with van der Waals surface area (Å²) in [5.74, 6) is -0.494. The zero-order chi connectivity index (χ0) is 23.1. The van der Waals surface area contributed by atoms with E-state index in [1.807, 2.05) is 27.7 Å². The lowest BCUT2D eigenvalue weighted by Crippen LogP contribution is -2.29. The van der Waals surface area contributed by atoms with Crippen LogP contribution in [0, 0.1) is 11.8 Å². The molecule has 4 heteroatoms. The largest absolute Gasteiger partial charge is 0.462 e. The maximum Gasteiger partial charge on any atom is 0.339 e. The normalized spacial score (nSPS) is 11.4. The number of carbonyl (C=O) groups is 2. The minimum Gasteiger partial charge on any atom is -0.462 e. The minimum absolute atomic E-state index is 0.191. The van der Waals surface area contributed by atoms with Gasteiger partial charge in [-0.15, -0.1) is 0 Å². The third-order valence-corrected chi connectivity index (χ3v) is 5.66. The quantitative estimate of drug-likeness (QED) is 0.199. The van der Waals surface area contributed by atoms with Gasteiger partial charge >= 0.3 is 11.9 Å². The van der Waals surface area contributed by atoms with Gasteiger partial charge in [0, 0.05) is 0 Å². The molecule has 1 aromatic carbocycles. The number of esters is 2. The van der Waals surface area contributed by atoms with Crippen LogP contribution in [-0.4, -0.2) is 24.6 Å². The van der Waals surface area contributed by atoms with E-state index in [1.54, 1.807) is 24.3 Å². The molecular weight excluding hydrogens is 388 g/mol. The highest BCUT2D eigenvalue weighted by molar-refractivity contribution is 6.03. The highest BCUT2D eigenvalue weighted by atomic mass is 16.5. The number of hydrogen-bond donors (Lipinski definition) is 0. The lowest BCUT2D eigenvalue weighted by molar-refractivity contribution is 0.00282. The van der Waals surface area contributed by atoms with E-state index in [2.05, 4.69) is 6.92 Å². The summed E-state index contributed by atoms with van der Waals surface area (Å²) in [6.07, 6.45) is 12.1. The molecule has 0 N–H and O–H groups in total. The van der Waals surface area contributed by atoms with Gasteiger partial charge in [-0.25, -0.2) is 9.59 Å². The summed E-state index contributed by atoms with van der Waals surface area (Å²) in [6.45, 7) is 10.8. The van der Waals surface area contributed by atoms with Crippen molar-refractivity contribution < 1.29 is 19.1 Å². The van der Waals surface area contributed by atoms with Crippen LogP contribution in [0.2, 0.25) is 0 Å². The van der Waals surface area contributed by atoms with Crippen LogP contribution in [0.15, 0.2) is 24.3 Å². The third-order valence-electron chi connectivity index (χ3n) is 5.66. The van der Waals surface area contributed by atoms with Gasteiger partial charge in [-0.2, -0.15) is 0 Å². The standard InChI is InChI=1S/C27H44O4/c1-6-7-8-9-10-11-12-13-14-17-20-30-26(28)23-18-15-16-19-24(23)27(29)31-25(21(2)3)22(4)5/h15-16,18-19,21-22,25H,6-14,17,20H2,1-5H3. The Kier molecular flexibility index (Phi) is 13.9. The molecule has 0 spiro atoms. The van der Waals surface area contributed by atoms with Gasteiger partial charge in [0.15, 0.2) is 0 Å². The fourth-order valence-electron chi connectivity index (χ4n) is 3.90. The van der Waals surface area contributed by atoms with Gasteiger partial charge in [0.1, 0.15) is 6.10 Å². The highest BCUT2D eigenvalue weighted by Crippen LogP contribution is 2.20. The monoisotopic (exact) mass is 432 g/mol. The Bertz CT molecular complexity index is 628. The Hall–Kier alpha value is -1.84. The molecule has 0 saturated carbocycles. The summed E-state index contributed by atoms with van der Waals surface area (Å²) >= 11 is 0. The summed E-state index contributed by atoms with van der Waals surface area (Å²) in [4.78, 5) is 25.3. The third kappa shape index (κ3) is 10.8. The Morgan fingerprint density at radius 3 is 1.65 bits per heavy atom. The van der Waals surface area contributed by atoms with Crippen molar-refractivity contribution in [3.63, 3.8) is 0 Å². The van der Waals surface area contributed by atoms with Gasteiger partial charge in [0.2, 0.25) is 0 Å². The van der Waals surface area contributed by atoms with Crippen molar-refractivity contribution in [1.29, 1.82) is 0 Å². The summed E-state index contributed by atoms with van der Waals surface area (Å²) in [7, 11) is 0. The summed E-state index contributed by atoms with van der Waals surface area (Å²) in [5, 5.41) is 0. The number of carbonyl (C=O) groups excluding carboxylic acids is 2. The van der Waals surface area contributed by atoms with Gasteiger partial charge in [-0.05, 0) is 30.4 Å². The number of hydrogen-bond acceptors (Lipinski definition) is 4. The van der Waals surface area contributed by atoms with E-state index in [4.69, 9.17) is 9.47 Å². The maximum atomic E-state index is 12.7. The molecule has 0 saturated heterocycles. The average molecular weight is 433 g/mol. The van der Waals surface area contributed by atoms with Crippen molar-refractivity contribution >= 4 is 11.9 Å². The molecule has 0 fully saturated rings. The predicted octanol–water partition coefficient (Wildman–Crippen LogP) is 7.60. The fraction of sp³-hybridized carbons (Fsp3) is 0.704. The number of rotatable bonds is 16. The van der Waals surface area contributed by atoms with Crippen molar-refractivity contribution in [3.8, 4) is 0 Å². The van der Waals surface area contributed by atoms with Crippen molar-refractivity contribution in [3.05, 3.63) is 35.4 Å². The number of ether oxygens (including phenoxy) is 2. The zero-order valence-electron chi connectivity index (χ0n) is 20.5. The molecule has 0 atom stereocenters. The summed E-state index contributed by atoms with van der Waals surface area (Å²) < 4.78 is 11.2. The van der Waals surface area contributed by atoms with E-state index in [1.165, 1.54) is 51.4 Å². The molecule has 31 heavy (non-hydrogen) atoms. The molecule has 0 aromatic heterocycles. The number of benzene rings is 1. The van der Waals surface area contributed by atoms with Crippen LogP contribution in [0.25, 0.3) is 0 Å². The molecule has 0 amide bonds. The summed E-state index contributed by atoms with van der Waals surface area (Å²) in [6, 6.07) is 6.76. The lowest BCUT2D eigenvalue weighted by atomic mass is 9.96. The van der Waals surface area contributed by atoms with Gasteiger partial charge in [0.05, 0.1) is 17.7 Å². The van der Waals surface area contributed by atoms with E-state index in [-0.39, 0.29) is 29.1 Å². The van der Waals surface area contributed by atoms with Crippen LogP contribution in [0.4, 0.5) is 0 Å². The van der Waals surface area contributed by atoms with Crippen LogP contribution in [0.1, 0.15) is 120 Å². The first-order chi connectivity index (χ1) is 14.9. The summed E-state index contributed by atoms with van der Waals surface area (Å²) in [5.41, 5.74) is 0.563. The highest BCUT2D eigenvalue weighted by Gasteiger charge is 2.25. The van der Waals surface area contributed by atoms with E-state index in [0.717, 1.165) is 12.8 Å². The smallest absolute Gasteiger partial charge is 0.339 e. The maximum absolute atomic E-state index is 12.7. The van der Waals surface area contributed by atoms with Crippen molar-refractivity contribution in [1.82, 2.24) is 0 Å². The Labute approximate surface area is 190 Å². The van der Waals surface area contributed by atoms with E-state index in [0.29, 0.717) is 6.61 Å². The van der Waals surface area contributed by atoms with Crippen molar-refractivity contribution in [2.45, 2.75) is 105 Å². The molecule has 0 aliphatic rings. The van der Waals surface area contributed by atoms with Crippen LogP contribution in [-0.2, 0) is 9.47 Å². The Balaban J connectivity index is 2.40. The van der Waals surface area contributed by atoms with Crippen LogP contribution in [0.5, 0.6) is 0 Å². The first kappa shape index (κ1) is 27.2. The van der Waals surface area contributed by atoms with Crippen LogP contribution >= 0.6 is 0 Å². The second-order valence-corrected chi connectivity index (χ2v) is 9.22. The second kappa shape index (κ2) is 15.9. The van der Waals surface area contributed by atoms with Crippen LogP contribution in [0.3, 0.4) is 0 Å². The van der Waals surface area contributed by atoms with E-state index < -0.39 is 11.9 Å². The molecule has 0 unspecified atom stereocenters. The molecule has 0 aliphatic carbocycles. The molecular formula is C27H44O4. The van der Waals surface area contributed by atoms with Crippen molar-refractivity contribution in [2.24, 2.45) is 11.8 Å². The van der Waals surface area contributed by atoms with Crippen molar-refractivity contribution in [2.75, 3.05) is 6.61 Å². The van der Waals surface area contributed by atoms with Crippen LogP contribution < -0.4 is 0 Å². The van der Waals surface area contributed by atoms with E-state index >= 15 is 0 Å². The first-order valence-electron chi connectivity index (χ1n) is 12.4. The molecule has 0 heterocycles. The predicted molar refractivity (Wildman–Crippen MR) is 127 cm³/mol. The SMILES string of the molecule is CCCCCCCCCCCCOC(=O)c1ccccc1C(=O)OC(C(C)C)C(C)C. The average Bonchev–Trinajstić information content (AvgIpc) is 2.75. The fourth-order valence-corrected chi connectivity index (χ4v) is 3.90. The zero-order valence-corrected chi connectivity index (χ0v) is 20.5. The lowest BCUT2D eigenvalue weighted by Gasteiger charge is -2.25. The minimum atomic E-state index is -0.459. The van der Waals surface area contributed by atoms with Gasteiger partial charge in [0.25, 0.3) is 0 Å². The van der Waals surface area contributed by atoms with Gasteiger partial charge in [-0.1, -0.05) is 105 Å². The molecule has 0 aliphatic heterocycles. The van der Waals surface area contributed by atoms with E-state index in [9.17, 15) is 9.59 Å². The first-order valence-corrected chi connectivity index (χ1v) is 12.4. The molecule has 1 rings (SSSR count). The molecule has 0 radical (unpaired) electrons. The molecule has 0 bridgehead atoms. The molecule has 176 valence electrons. The Morgan fingerprint density at radius 1 is 0.710 bits per heavy atom.